The van der Waals surface area contributed by atoms with Crippen LogP contribution in [0.25, 0.3) is 0 Å². The number of ether oxygens (including phenoxy) is 2. The summed E-state index contributed by atoms with van der Waals surface area (Å²) < 4.78 is 11.7. The first-order valence-corrected chi connectivity index (χ1v) is 9.92. The summed E-state index contributed by atoms with van der Waals surface area (Å²) in [6.07, 6.45) is 0.927. The van der Waals surface area contributed by atoms with Gasteiger partial charge in [-0.15, -0.1) is 0 Å². The fourth-order valence-electron chi connectivity index (χ4n) is 2.11. The van der Waals surface area contributed by atoms with Gasteiger partial charge in [0.1, 0.15) is 11.5 Å². The molecule has 6 nitrogen and oxygen atoms in total. The molecule has 0 heterocycles. The molecule has 0 aliphatic carbocycles. The number of amides is 2. The van der Waals surface area contributed by atoms with Gasteiger partial charge in [0.05, 0.1) is 11.1 Å². The summed E-state index contributed by atoms with van der Waals surface area (Å²) in [5.41, 5.74) is 5.05. The van der Waals surface area contributed by atoms with Crippen LogP contribution in [0.3, 0.4) is 0 Å². The van der Waals surface area contributed by atoms with E-state index in [1.54, 1.807) is 42.5 Å². The van der Waals surface area contributed by atoms with Crippen molar-refractivity contribution < 1.29 is 19.1 Å². The Bertz CT molecular complexity index is 830. The Kier molecular flexibility index (Phi) is 8.60. The highest BCUT2D eigenvalue weighted by Gasteiger charge is 2.10. The Morgan fingerprint density at radius 3 is 2.61 bits per heavy atom. The molecule has 2 aromatic rings. The number of carbonyl (C=O) groups excluding carboxylic acids is 2. The maximum absolute atomic E-state index is 12.2. The van der Waals surface area contributed by atoms with Gasteiger partial charge in [0.15, 0.2) is 6.61 Å². The lowest BCUT2D eigenvalue weighted by molar-refractivity contribution is -0.123. The number of benzene rings is 2. The summed E-state index contributed by atoms with van der Waals surface area (Å²) in [6, 6.07) is 11.7. The van der Waals surface area contributed by atoms with Crippen molar-refractivity contribution >= 4 is 39.3 Å². The van der Waals surface area contributed by atoms with Crippen molar-refractivity contribution in [3.8, 4) is 11.5 Å². The summed E-state index contributed by atoms with van der Waals surface area (Å²) in [6.45, 7) is 4.55. The van der Waals surface area contributed by atoms with E-state index in [9.17, 15) is 9.59 Å². The fraction of sp³-hybridized carbons (Fsp3) is 0.300. The molecule has 0 aromatic heterocycles. The predicted octanol–water partition coefficient (Wildman–Crippen LogP) is 4.37. The number of hydrazine groups is 1. The maximum atomic E-state index is 12.2. The average Bonchev–Trinajstić information content (AvgIpc) is 2.65. The second-order valence-corrected chi connectivity index (χ2v) is 7.72. The quantitative estimate of drug-likeness (QED) is 0.563. The highest BCUT2D eigenvalue weighted by molar-refractivity contribution is 9.10. The van der Waals surface area contributed by atoms with Gasteiger partial charge in [0.2, 0.25) is 0 Å². The SMILES string of the molecule is CC(C)CCOc1cccc(C(=O)NNC(=O)COc2ccc(Cl)cc2Br)c1. The molecule has 2 N–H and O–H groups in total. The van der Waals surface area contributed by atoms with Crippen LogP contribution in [-0.2, 0) is 4.79 Å². The third-order valence-electron chi connectivity index (χ3n) is 3.63. The van der Waals surface area contributed by atoms with Crippen molar-refractivity contribution in [3.63, 3.8) is 0 Å². The largest absolute Gasteiger partial charge is 0.494 e. The second-order valence-electron chi connectivity index (χ2n) is 6.42. The minimum atomic E-state index is -0.500. The van der Waals surface area contributed by atoms with E-state index >= 15 is 0 Å². The van der Waals surface area contributed by atoms with Crippen LogP contribution in [0.5, 0.6) is 11.5 Å². The predicted molar refractivity (Wildman–Crippen MR) is 112 cm³/mol. The molecule has 150 valence electrons. The summed E-state index contributed by atoms with van der Waals surface area (Å²) in [4.78, 5) is 24.1. The van der Waals surface area contributed by atoms with Crippen molar-refractivity contribution in [1.82, 2.24) is 10.9 Å². The van der Waals surface area contributed by atoms with Crippen molar-refractivity contribution in [2.45, 2.75) is 20.3 Å². The van der Waals surface area contributed by atoms with E-state index in [2.05, 4.69) is 40.6 Å². The zero-order valence-electron chi connectivity index (χ0n) is 15.6. The molecule has 0 bridgehead atoms. The molecular formula is C20H22BrClN2O4. The van der Waals surface area contributed by atoms with Crippen LogP contribution in [0.4, 0.5) is 0 Å². The number of rotatable bonds is 8. The standard InChI is InChI=1S/C20H22BrClN2O4/c1-13(2)8-9-27-16-5-3-4-14(10-16)20(26)24-23-19(25)12-28-18-7-6-15(22)11-17(18)21/h3-7,10-11,13H,8-9,12H2,1-2H3,(H,23,25)(H,24,26). The molecule has 8 heteroatoms. The van der Waals surface area contributed by atoms with Crippen LogP contribution in [0.2, 0.25) is 5.02 Å². The van der Waals surface area contributed by atoms with E-state index in [0.29, 0.717) is 39.1 Å². The number of halogens is 2. The molecule has 0 saturated carbocycles. The Morgan fingerprint density at radius 1 is 1.11 bits per heavy atom. The summed E-state index contributed by atoms with van der Waals surface area (Å²) in [5.74, 6) is 0.667. The van der Waals surface area contributed by atoms with Crippen LogP contribution in [-0.4, -0.2) is 25.0 Å². The smallest absolute Gasteiger partial charge is 0.276 e. The van der Waals surface area contributed by atoms with Gasteiger partial charge in [-0.25, -0.2) is 0 Å². The number of hydrogen-bond acceptors (Lipinski definition) is 4. The topological polar surface area (TPSA) is 76.7 Å². The Hall–Kier alpha value is -2.25. The van der Waals surface area contributed by atoms with Crippen molar-refractivity contribution in [2.24, 2.45) is 5.92 Å². The van der Waals surface area contributed by atoms with Gasteiger partial charge in [-0.3, -0.25) is 20.4 Å². The number of carbonyl (C=O) groups is 2. The molecule has 0 spiro atoms. The molecule has 2 rings (SSSR count). The molecule has 2 aromatic carbocycles. The van der Waals surface area contributed by atoms with E-state index in [1.165, 1.54) is 0 Å². The van der Waals surface area contributed by atoms with Crippen LogP contribution in [0.15, 0.2) is 46.9 Å². The van der Waals surface area contributed by atoms with E-state index in [0.717, 1.165) is 6.42 Å². The molecule has 0 saturated heterocycles. The maximum Gasteiger partial charge on any atom is 0.276 e. The lowest BCUT2D eigenvalue weighted by Gasteiger charge is -2.11. The van der Waals surface area contributed by atoms with Crippen LogP contribution in [0, 0.1) is 5.92 Å². The van der Waals surface area contributed by atoms with E-state index in [1.807, 2.05) is 0 Å². The van der Waals surface area contributed by atoms with Crippen molar-refractivity contribution in [2.75, 3.05) is 13.2 Å². The first-order valence-electron chi connectivity index (χ1n) is 8.75. The Morgan fingerprint density at radius 2 is 1.89 bits per heavy atom. The fourth-order valence-corrected chi connectivity index (χ4v) is 2.91. The Balaban J connectivity index is 1.80. The second kappa shape index (κ2) is 10.9. The van der Waals surface area contributed by atoms with E-state index in [-0.39, 0.29) is 6.61 Å². The first kappa shape index (κ1) is 22.0. The zero-order chi connectivity index (χ0) is 20.5. The van der Waals surface area contributed by atoms with Gasteiger partial charge >= 0.3 is 0 Å². The van der Waals surface area contributed by atoms with Crippen LogP contribution in [0.1, 0.15) is 30.6 Å². The number of hydrogen-bond donors (Lipinski definition) is 2. The van der Waals surface area contributed by atoms with Crippen molar-refractivity contribution in [3.05, 3.63) is 57.5 Å². The van der Waals surface area contributed by atoms with Crippen LogP contribution < -0.4 is 20.3 Å². The third-order valence-corrected chi connectivity index (χ3v) is 4.48. The molecule has 2 amide bonds. The van der Waals surface area contributed by atoms with Gasteiger partial charge < -0.3 is 9.47 Å². The minimum Gasteiger partial charge on any atom is -0.494 e. The lowest BCUT2D eigenvalue weighted by atomic mass is 10.1. The molecule has 0 atom stereocenters. The number of nitrogens with one attached hydrogen (secondary N) is 2. The molecule has 0 aliphatic heterocycles. The van der Waals surface area contributed by atoms with E-state index in [4.69, 9.17) is 21.1 Å². The van der Waals surface area contributed by atoms with Gasteiger partial charge in [0.25, 0.3) is 11.8 Å². The molecule has 0 radical (unpaired) electrons. The molecule has 0 fully saturated rings. The van der Waals surface area contributed by atoms with Gasteiger partial charge in [-0.2, -0.15) is 0 Å². The summed E-state index contributed by atoms with van der Waals surface area (Å²) >= 11 is 9.15. The van der Waals surface area contributed by atoms with Crippen molar-refractivity contribution in [1.29, 1.82) is 0 Å². The third kappa shape index (κ3) is 7.40. The molecular weight excluding hydrogens is 448 g/mol. The first-order chi connectivity index (χ1) is 13.3. The minimum absolute atomic E-state index is 0.265. The van der Waals surface area contributed by atoms with E-state index < -0.39 is 11.8 Å². The monoisotopic (exact) mass is 468 g/mol. The summed E-state index contributed by atoms with van der Waals surface area (Å²) in [7, 11) is 0. The molecule has 0 aliphatic rings. The molecule has 28 heavy (non-hydrogen) atoms. The normalized spacial score (nSPS) is 10.5. The van der Waals surface area contributed by atoms with Gasteiger partial charge in [0, 0.05) is 10.6 Å². The lowest BCUT2D eigenvalue weighted by Crippen LogP contribution is -2.43. The van der Waals surface area contributed by atoms with Gasteiger partial charge in [-0.1, -0.05) is 31.5 Å². The highest BCUT2D eigenvalue weighted by Crippen LogP contribution is 2.27. The Labute approximate surface area is 177 Å². The van der Waals surface area contributed by atoms with Crippen LogP contribution >= 0.6 is 27.5 Å². The molecule has 0 unspecified atom stereocenters. The highest BCUT2D eigenvalue weighted by atomic mass is 79.9. The average molecular weight is 470 g/mol. The zero-order valence-corrected chi connectivity index (χ0v) is 18.0. The summed E-state index contributed by atoms with van der Waals surface area (Å²) in [5, 5.41) is 0.548. The van der Waals surface area contributed by atoms with Gasteiger partial charge in [-0.05, 0) is 64.7 Å².